The second kappa shape index (κ2) is 5.93. The van der Waals surface area contributed by atoms with E-state index in [1.54, 1.807) is 12.1 Å². The van der Waals surface area contributed by atoms with Gasteiger partial charge in [-0.05, 0) is 18.6 Å². The Morgan fingerprint density at radius 2 is 2.27 bits per heavy atom. The van der Waals surface area contributed by atoms with Gasteiger partial charge in [-0.15, -0.1) is 0 Å². The molecule has 0 saturated heterocycles. The van der Waals surface area contributed by atoms with Crippen LogP contribution in [-0.4, -0.2) is 12.6 Å². The zero-order valence-electron chi connectivity index (χ0n) is 8.67. The molecule has 2 nitrogen and oxygen atoms in total. The van der Waals surface area contributed by atoms with Gasteiger partial charge in [0.2, 0.25) is 0 Å². The molecule has 0 fully saturated rings. The summed E-state index contributed by atoms with van der Waals surface area (Å²) in [6.07, 6.45) is 1.61. The highest BCUT2D eigenvalue weighted by Gasteiger charge is 2.12. The molecule has 2 N–H and O–H groups in total. The maximum Gasteiger partial charge on any atom is 0.183 e. The average molecular weight is 232 g/mol. The van der Waals surface area contributed by atoms with Crippen molar-refractivity contribution in [2.45, 2.75) is 25.9 Å². The van der Waals surface area contributed by atoms with Gasteiger partial charge in [-0.25, -0.2) is 4.39 Å². The van der Waals surface area contributed by atoms with Gasteiger partial charge in [0.1, 0.15) is 6.10 Å². The fraction of sp³-hybridized carbons (Fsp3) is 0.455. The van der Waals surface area contributed by atoms with Crippen LogP contribution in [0.5, 0.6) is 5.75 Å². The first-order valence-electron chi connectivity index (χ1n) is 4.99. The molecule has 0 amide bonds. The summed E-state index contributed by atoms with van der Waals surface area (Å²) in [7, 11) is 0. The Bertz CT molecular complexity index is 319. The van der Waals surface area contributed by atoms with Crippen molar-refractivity contribution >= 4 is 11.6 Å². The Balaban J connectivity index is 2.74. The van der Waals surface area contributed by atoms with Crippen molar-refractivity contribution in [1.29, 1.82) is 0 Å². The first-order chi connectivity index (χ1) is 7.19. The van der Waals surface area contributed by atoms with Crippen LogP contribution in [0.15, 0.2) is 18.2 Å². The number of hydrogen-bond donors (Lipinski definition) is 1. The van der Waals surface area contributed by atoms with Gasteiger partial charge in [-0.3, -0.25) is 0 Å². The summed E-state index contributed by atoms with van der Waals surface area (Å²) in [5.74, 6) is -0.347. The van der Waals surface area contributed by atoms with Gasteiger partial charge in [0, 0.05) is 6.54 Å². The lowest BCUT2D eigenvalue weighted by Gasteiger charge is -2.17. The highest BCUT2D eigenvalue weighted by molar-refractivity contribution is 6.30. The van der Waals surface area contributed by atoms with Crippen LogP contribution in [0.4, 0.5) is 4.39 Å². The molecule has 0 heterocycles. The molecule has 4 heteroatoms. The maximum absolute atomic E-state index is 13.4. The van der Waals surface area contributed by atoms with Crippen LogP contribution < -0.4 is 10.5 Å². The number of halogens is 2. The van der Waals surface area contributed by atoms with E-state index in [2.05, 4.69) is 0 Å². The van der Waals surface area contributed by atoms with Gasteiger partial charge in [-0.2, -0.15) is 0 Å². The molecule has 0 aliphatic rings. The van der Waals surface area contributed by atoms with E-state index in [0.29, 0.717) is 6.54 Å². The number of ether oxygens (including phenoxy) is 1. The minimum atomic E-state index is -0.520. The van der Waals surface area contributed by atoms with Crippen molar-refractivity contribution in [2.75, 3.05) is 6.54 Å². The third-order valence-corrected chi connectivity index (χ3v) is 2.38. The molecule has 0 spiro atoms. The minimum Gasteiger partial charge on any atom is -0.486 e. The van der Waals surface area contributed by atoms with Gasteiger partial charge < -0.3 is 10.5 Å². The molecule has 1 aromatic carbocycles. The molecule has 0 aliphatic carbocycles. The number of benzene rings is 1. The van der Waals surface area contributed by atoms with Crippen LogP contribution in [0, 0.1) is 5.82 Å². The first-order valence-corrected chi connectivity index (χ1v) is 5.37. The normalized spacial score (nSPS) is 12.5. The quantitative estimate of drug-likeness (QED) is 0.846. The largest absolute Gasteiger partial charge is 0.486 e. The van der Waals surface area contributed by atoms with Gasteiger partial charge in [0.05, 0.1) is 5.02 Å². The lowest BCUT2D eigenvalue weighted by Crippen LogP contribution is -2.26. The second-order valence-electron chi connectivity index (χ2n) is 3.32. The third kappa shape index (κ3) is 3.36. The standard InChI is InChI=1S/C11H15ClFNO/c1-2-4-8(7-14)15-10-6-3-5-9(12)11(10)13/h3,5-6,8H,2,4,7,14H2,1H3. The summed E-state index contributed by atoms with van der Waals surface area (Å²) in [5.41, 5.74) is 5.51. The predicted molar refractivity (Wildman–Crippen MR) is 59.8 cm³/mol. The van der Waals surface area contributed by atoms with E-state index >= 15 is 0 Å². The third-order valence-electron chi connectivity index (χ3n) is 2.08. The van der Waals surface area contributed by atoms with Crippen molar-refractivity contribution in [2.24, 2.45) is 5.73 Å². The molecule has 1 aromatic rings. The highest BCUT2D eigenvalue weighted by Crippen LogP contribution is 2.25. The second-order valence-corrected chi connectivity index (χ2v) is 3.72. The molecule has 0 saturated carbocycles. The fourth-order valence-electron chi connectivity index (χ4n) is 1.30. The summed E-state index contributed by atoms with van der Waals surface area (Å²) >= 11 is 5.63. The smallest absolute Gasteiger partial charge is 0.183 e. The van der Waals surface area contributed by atoms with Crippen LogP contribution in [0.2, 0.25) is 5.02 Å². The molecular weight excluding hydrogens is 217 g/mol. The van der Waals surface area contributed by atoms with Crippen LogP contribution in [0.3, 0.4) is 0 Å². The predicted octanol–water partition coefficient (Wildman–Crippen LogP) is 2.99. The monoisotopic (exact) mass is 231 g/mol. The van der Waals surface area contributed by atoms with E-state index in [4.69, 9.17) is 22.1 Å². The van der Waals surface area contributed by atoms with E-state index < -0.39 is 5.82 Å². The zero-order chi connectivity index (χ0) is 11.3. The molecular formula is C11H15ClFNO. The number of rotatable bonds is 5. The van der Waals surface area contributed by atoms with E-state index in [9.17, 15) is 4.39 Å². The molecule has 1 rings (SSSR count). The summed E-state index contributed by atoms with van der Waals surface area (Å²) in [5, 5.41) is 0.0692. The lowest BCUT2D eigenvalue weighted by molar-refractivity contribution is 0.189. The van der Waals surface area contributed by atoms with E-state index in [-0.39, 0.29) is 16.9 Å². The lowest BCUT2D eigenvalue weighted by atomic mass is 10.2. The van der Waals surface area contributed by atoms with E-state index in [0.717, 1.165) is 12.8 Å². The van der Waals surface area contributed by atoms with Crippen molar-refractivity contribution in [3.63, 3.8) is 0 Å². The van der Waals surface area contributed by atoms with Gasteiger partial charge in [0.15, 0.2) is 11.6 Å². The maximum atomic E-state index is 13.4. The summed E-state index contributed by atoms with van der Waals surface area (Å²) < 4.78 is 18.9. The summed E-state index contributed by atoms with van der Waals surface area (Å²) in [6, 6.07) is 4.70. The molecule has 0 bridgehead atoms. The minimum absolute atomic E-state index is 0.0692. The summed E-state index contributed by atoms with van der Waals surface area (Å²) in [4.78, 5) is 0. The molecule has 84 valence electrons. The van der Waals surface area contributed by atoms with Gasteiger partial charge in [-0.1, -0.05) is 31.0 Å². The molecule has 0 aromatic heterocycles. The Hall–Kier alpha value is -0.800. The first kappa shape index (κ1) is 12.3. The van der Waals surface area contributed by atoms with Crippen molar-refractivity contribution in [3.8, 4) is 5.75 Å². The zero-order valence-corrected chi connectivity index (χ0v) is 9.43. The molecule has 15 heavy (non-hydrogen) atoms. The SMILES string of the molecule is CCCC(CN)Oc1cccc(Cl)c1F. The Kier molecular flexibility index (Phi) is 4.85. The van der Waals surface area contributed by atoms with E-state index in [1.807, 2.05) is 6.92 Å². The fourth-order valence-corrected chi connectivity index (χ4v) is 1.47. The van der Waals surface area contributed by atoms with Crippen LogP contribution in [-0.2, 0) is 0 Å². The van der Waals surface area contributed by atoms with E-state index in [1.165, 1.54) is 6.07 Å². The highest BCUT2D eigenvalue weighted by atomic mass is 35.5. The summed E-state index contributed by atoms with van der Waals surface area (Å²) in [6.45, 7) is 2.40. The average Bonchev–Trinajstić information content (AvgIpc) is 2.24. The molecule has 1 unspecified atom stereocenters. The number of nitrogens with two attached hydrogens (primary N) is 1. The molecule has 0 radical (unpaired) electrons. The topological polar surface area (TPSA) is 35.2 Å². The van der Waals surface area contributed by atoms with Crippen molar-refractivity contribution in [3.05, 3.63) is 29.0 Å². The Morgan fingerprint density at radius 1 is 1.53 bits per heavy atom. The van der Waals surface area contributed by atoms with Gasteiger partial charge >= 0.3 is 0 Å². The van der Waals surface area contributed by atoms with Crippen LogP contribution in [0.25, 0.3) is 0 Å². The Morgan fingerprint density at radius 3 is 2.87 bits per heavy atom. The van der Waals surface area contributed by atoms with Crippen LogP contribution >= 0.6 is 11.6 Å². The molecule has 0 aliphatic heterocycles. The molecule has 1 atom stereocenters. The van der Waals surface area contributed by atoms with Crippen LogP contribution in [0.1, 0.15) is 19.8 Å². The van der Waals surface area contributed by atoms with Gasteiger partial charge in [0.25, 0.3) is 0 Å². The van der Waals surface area contributed by atoms with Crippen molar-refractivity contribution < 1.29 is 9.13 Å². The number of hydrogen-bond acceptors (Lipinski definition) is 2. The Labute approximate surface area is 94.2 Å². The van der Waals surface area contributed by atoms with Crippen molar-refractivity contribution in [1.82, 2.24) is 0 Å².